The lowest BCUT2D eigenvalue weighted by Crippen LogP contribution is -1.97. The van der Waals surface area contributed by atoms with Gasteiger partial charge in [-0.3, -0.25) is 0 Å². The minimum absolute atomic E-state index is 0.342. The van der Waals surface area contributed by atoms with E-state index >= 15 is 0 Å². The van der Waals surface area contributed by atoms with Crippen LogP contribution in [0.1, 0.15) is 0 Å². The summed E-state index contributed by atoms with van der Waals surface area (Å²) >= 11 is 3.29. The molecule has 0 radical (unpaired) electrons. The molecule has 0 spiro atoms. The van der Waals surface area contributed by atoms with Crippen molar-refractivity contribution in [3.05, 3.63) is 46.7 Å². The molecule has 3 N–H and O–H groups in total. The third kappa shape index (κ3) is 2.73. The Morgan fingerprint density at radius 2 is 2.06 bits per heavy atom. The van der Waals surface area contributed by atoms with E-state index in [0.29, 0.717) is 27.3 Å². The fourth-order valence-corrected chi connectivity index (χ4v) is 2.01. The van der Waals surface area contributed by atoms with E-state index < -0.39 is 0 Å². The van der Waals surface area contributed by atoms with Gasteiger partial charge in [0.15, 0.2) is 0 Å². The van der Waals surface area contributed by atoms with Crippen molar-refractivity contribution in [3.8, 4) is 5.75 Å². The Morgan fingerprint density at radius 1 is 1.28 bits per heavy atom. The predicted octanol–water partition coefficient (Wildman–Crippen LogP) is 3.92. The number of nitrogens with two attached hydrogens (primary N) is 1. The molecule has 0 aliphatic heterocycles. The molecule has 0 unspecified atom stereocenters. The lowest BCUT2D eigenvalue weighted by atomic mass is 10.2. The zero-order valence-corrected chi connectivity index (χ0v) is 11.3. The molecule has 0 atom stereocenters. The topological polar surface area (TPSA) is 47.3 Å². The molecule has 0 fully saturated rings. The van der Waals surface area contributed by atoms with Crippen LogP contribution < -0.4 is 15.8 Å². The van der Waals surface area contributed by atoms with E-state index in [1.165, 1.54) is 6.07 Å². The highest BCUT2D eigenvalue weighted by atomic mass is 79.9. The van der Waals surface area contributed by atoms with Crippen LogP contribution in [-0.2, 0) is 0 Å². The number of methoxy groups -OCH3 is 1. The number of rotatable bonds is 3. The smallest absolute Gasteiger partial charge is 0.147 e. The van der Waals surface area contributed by atoms with Gasteiger partial charge in [0.1, 0.15) is 11.6 Å². The van der Waals surface area contributed by atoms with Crippen LogP contribution in [0.2, 0.25) is 0 Å². The van der Waals surface area contributed by atoms with Gasteiger partial charge in [-0.25, -0.2) is 4.39 Å². The van der Waals surface area contributed by atoms with E-state index in [4.69, 9.17) is 10.5 Å². The highest BCUT2D eigenvalue weighted by Crippen LogP contribution is 2.31. The first-order valence-electron chi connectivity index (χ1n) is 5.26. The molecule has 0 aromatic heterocycles. The Morgan fingerprint density at radius 3 is 2.72 bits per heavy atom. The zero-order valence-electron chi connectivity index (χ0n) is 9.71. The maximum Gasteiger partial charge on any atom is 0.147 e. The van der Waals surface area contributed by atoms with E-state index in [2.05, 4.69) is 21.2 Å². The largest absolute Gasteiger partial charge is 0.497 e. The molecular formula is C13H12BrFN2O. The zero-order chi connectivity index (χ0) is 13.1. The summed E-state index contributed by atoms with van der Waals surface area (Å²) in [5, 5.41) is 2.97. The molecule has 0 aliphatic rings. The summed E-state index contributed by atoms with van der Waals surface area (Å²) in [6.45, 7) is 0. The SMILES string of the molecule is COc1cc(N)cc(Nc2c(F)cccc2Br)c1. The fraction of sp³-hybridized carbons (Fsp3) is 0.0769. The number of nitrogens with one attached hydrogen (secondary N) is 1. The van der Waals surface area contributed by atoms with Crippen LogP contribution in [-0.4, -0.2) is 7.11 Å². The van der Waals surface area contributed by atoms with Gasteiger partial charge in [-0.15, -0.1) is 0 Å². The molecule has 94 valence electrons. The van der Waals surface area contributed by atoms with Crippen LogP contribution >= 0.6 is 15.9 Å². The molecule has 2 aromatic carbocycles. The summed E-state index contributed by atoms with van der Waals surface area (Å²) in [5.41, 5.74) is 7.32. The number of nitrogen functional groups attached to an aromatic ring is 1. The highest BCUT2D eigenvalue weighted by Gasteiger charge is 2.07. The van der Waals surface area contributed by atoms with E-state index in [0.717, 1.165) is 0 Å². The van der Waals surface area contributed by atoms with E-state index in [1.807, 2.05) is 0 Å². The van der Waals surface area contributed by atoms with Crippen molar-refractivity contribution in [2.45, 2.75) is 0 Å². The van der Waals surface area contributed by atoms with E-state index in [9.17, 15) is 4.39 Å². The van der Waals surface area contributed by atoms with Crippen molar-refractivity contribution in [2.24, 2.45) is 0 Å². The summed E-state index contributed by atoms with van der Waals surface area (Å²) in [4.78, 5) is 0. The minimum atomic E-state index is -0.342. The van der Waals surface area contributed by atoms with Gasteiger partial charge in [0.25, 0.3) is 0 Å². The number of para-hydroxylation sites is 1. The third-order valence-electron chi connectivity index (χ3n) is 2.40. The second-order valence-electron chi connectivity index (χ2n) is 3.72. The van der Waals surface area contributed by atoms with Crippen LogP contribution in [0.5, 0.6) is 5.75 Å². The molecule has 0 bridgehead atoms. The maximum atomic E-state index is 13.7. The Balaban J connectivity index is 2.37. The quantitative estimate of drug-likeness (QED) is 0.845. The van der Waals surface area contributed by atoms with Crippen molar-refractivity contribution < 1.29 is 9.13 Å². The molecule has 18 heavy (non-hydrogen) atoms. The molecule has 3 nitrogen and oxygen atoms in total. The molecule has 2 rings (SSSR count). The first kappa shape index (κ1) is 12.7. The summed E-state index contributed by atoms with van der Waals surface area (Å²) in [7, 11) is 1.55. The number of anilines is 3. The Hall–Kier alpha value is -1.75. The second kappa shape index (κ2) is 5.27. The van der Waals surface area contributed by atoms with Crippen LogP contribution in [0.15, 0.2) is 40.9 Å². The molecule has 5 heteroatoms. The fourth-order valence-electron chi connectivity index (χ4n) is 1.57. The van der Waals surface area contributed by atoms with Gasteiger partial charge in [0.2, 0.25) is 0 Å². The van der Waals surface area contributed by atoms with Gasteiger partial charge >= 0.3 is 0 Å². The van der Waals surface area contributed by atoms with Gasteiger partial charge in [-0.05, 0) is 34.1 Å². The van der Waals surface area contributed by atoms with Crippen molar-refractivity contribution in [1.29, 1.82) is 0 Å². The normalized spacial score (nSPS) is 10.2. The number of ether oxygens (including phenoxy) is 1. The maximum absolute atomic E-state index is 13.7. The number of hydrogen-bond acceptors (Lipinski definition) is 3. The first-order valence-corrected chi connectivity index (χ1v) is 6.05. The number of halogens is 2. The molecule has 0 saturated heterocycles. The molecule has 0 amide bonds. The van der Waals surface area contributed by atoms with Crippen LogP contribution in [0, 0.1) is 5.82 Å². The molecule has 2 aromatic rings. The summed E-state index contributed by atoms with van der Waals surface area (Å²) in [5.74, 6) is 0.274. The van der Waals surface area contributed by atoms with Crippen LogP contribution in [0.4, 0.5) is 21.5 Å². The Labute approximate surface area is 113 Å². The van der Waals surface area contributed by atoms with Gasteiger partial charge in [-0.1, -0.05) is 6.07 Å². The van der Waals surface area contributed by atoms with Crippen molar-refractivity contribution in [3.63, 3.8) is 0 Å². The van der Waals surface area contributed by atoms with Crippen molar-refractivity contribution in [1.82, 2.24) is 0 Å². The molecule has 0 saturated carbocycles. The lowest BCUT2D eigenvalue weighted by molar-refractivity contribution is 0.415. The Bertz CT molecular complexity index is 555. The predicted molar refractivity (Wildman–Crippen MR) is 74.8 cm³/mol. The average Bonchev–Trinajstić information content (AvgIpc) is 2.33. The van der Waals surface area contributed by atoms with Gasteiger partial charge in [0, 0.05) is 28.0 Å². The summed E-state index contributed by atoms with van der Waals surface area (Å²) in [6.07, 6.45) is 0. The van der Waals surface area contributed by atoms with E-state index in [1.54, 1.807) is 37.4 Å². The Kier molecular flexibility index (Phi) is 3.72. The van der Waals surface area contributed by atoms with Crippen molar-refractivity contribution >= 4 is 33.0 Å². The van der Waals surface area contributed by atoms with Gasteiger partial charge in [-0.2, -0.15) is 0 Å². The van der Waals surface area contributed by atoms with Crippen LogP contribution in [0.3, 0.4) is 0 Å². The first-order chi connectivity index (χ1) is 8.60. The standard InChI is InChI=1S/C13H12BrFN2O/c1-18-10-6-8(16)5-9(7-10)17-13-11(14)3-2-4-12(13)15/h2-7,17H,16H2,1H3. The van der Waals surface area contributed by atoms with Gasteiger partial charge < -0.3 is 15.8 Å². The average molecular weight is 311 g/mol. The molecule has 0 aliphatic carbocycles. The second-order valence-corrected chi connectivity index (χ2v) is 4.57. The van der Waals surface area contributed by atoms with Crippen molar-refractivity contribution in [2.75, 3.05) is 18.2 Å². The monoisotopic (exact) mass is 310 g/mol. The third-order valence-corrected chi connectivity index (χ3v) is 3.06. The summed E-state index contributed by atoms with van der Waals surface area (Å²) < 4.78 is 19.4. The molecular weight excluding hydrogens is 299 g/mol. The van der Waals surface area contributed by atoms with Crippen LogP contribution in [0.25, 0.3) is 0 Å². The summed E-state index contributed by atoms with van der Waals surface area (Å²) in [6, 6.07) is 9.92. The lowest BCUT2D eigenvalue weighted by Gasteiger charge is -2.11. The minimum Gasteiger partial charge on any atom is -0.497 e. The number of hydrogen-bond donors (Lipinski definition) is 2. The van der Waals surface area contributed by atoms with E-state index in [-0.39, 0.29) is 5.82 Å². The molecule has 0 heterocycles. The highest BCUT2D eigenvalue weighted by molar-refractivity contribution is 9.10. The number of benzene rings is 2. The van der Waals surface area contributed by atoms with Gasteiger partial charge in [0.05, 0.1) is 12.8 Å².